The van der Waals surface area contributed by atoms with Crippen LogP contribution >= 0.6 is 15.9 Å². The summed E-state index contributed by atoms with van der Waals surface area (Å²) in [7, 11) is 1.61. The van der Waals surface area contributed by atoms with Crippen molar-refractivity contribution in [1.82, 2.24) is 14.8 Å². The van der Waals surface area contributed by atoms with Crippen molar-refractivity contribution in [3.05, 3.63) is 34.6 Å². The van der Waals surface area contributed by atoms with E-state index in [4.69, 9.17) is 4.74 Å². The Balaban J connectivity index is 2.13. The Morgan fingerprint density at radius 3 is 3.16 bits per heavy atom. The molecule has 1 atom stereocenters. The molecule has 2 aromatic rings. The van der Waals surface area contributed by atoms with Crippen LogP contribution in [0.3, 0.4) is 0 Å². The molecular weight excluding hydrogens is 312 g/mol. The number of nitrogens with one attached hydrogen (secondary N) is 1. The number of anilines is 1. The Kier molecular flexibility index (Phi) is 2.98. The van der Waals surface area contributed by atoms with E-state index in [1.165, 1.54) is 6.33 Å². The van der Waals surface area contributed by atoms with Gasteiger partial charge in [0.2, 0.25) is 11.9 Å². The normalized spacial score (nSPS) is 17.8. The summed E-state index contributed by atoms with van der Waals surface area (Å²) in [5, 5.41) is 6.86. The second-order valence-corrected chi connectivity index (χ2v) is 5.10. The van der Waals surface area contributed by atoms with Gasteiger partial charge in [-0.15, -0.1) is 0 Å². The first-order chi connectivity index (χ1) is 9.19. The fourth-order valence-electron chi connectivity index (χ4n) is 2.21. The highest BCUT2D eigenvalue weighted by atomic mass is 79.9. The molecule has 0 aliphatic carbocycles. The predicted molar refractivity (Wildman–Crippen MR) is 72.1 cm³/mol. The molecule has 1 aromatic heterocycles. The highest BCUT2D eigenvalue weighted by molar-refractivity contribution is 9.10. The van der Waals surface area contributed by atoms with Gasteiger partial charge in [-0.1, -0.05) is 15.9 Å². The number of amides is 1. The van der Waals surface area contributed by atoms with E-state index < -0.39 is 0 Å². The summed E-state index contributed by atoms with van der Waals surface area (Å²) < 4.78 is 7.99. The maximum atomic E-state index is 11.7. The molecule has 98 valence electrons. The van der Waals surface area contributed by atoms with Gasteiger partial charge in [-0.2, -0.15) is 10.1 Å². The third kappa shape index (κ3) is 2.10. The number of hydrogen-bond acceptors (Lipinski definition) is 4. The molecule has 0 fully saturated rings. The Hall–Kier alpha value is -1.89. The molecule has 2 heterocycles. The average molecular weight is 323 g/mol. The largest absolute Gasteiger partial charge is 0.496 e. The number of rotatable bonds is 2. The fourth-order valence-corrected chi connectivity index (χ4v) is 2.59. The average Bonchev–Trinajstić information content (AvgIpc) is 2.85. The standard InChI is InChI=1S/C12H11BrN4O2/c1-19-10-3-2-7(13)4-8(10)9-5-11(18)16-12-14-6-15-17(9)12/h2-4,6,9H,5H2,1H3,(H,14,15,16,18)/t9-/m0/s1. The van der Waals surface area contributed by atoms with Gasteiger partial charge in [0.15, 0.2) is 0 Å². The highest BCUT2D eigenvalue weighted by Crippen LogP contribution is 2.35. The lowest BCUT2D eigenvalue weighted by Gasteiger charge is -2.25. The first-order valence-corrected chi connectivity index (χ1v) is 6.51. The topological polar surface area (TPSA) is 69.0 Å². The number of methoxy groups -OCH3 is 1. The van der Waals surface area contributed by atoms with Gasteiger partial charge >= 0.3 is 0 Å². The van der Waals surface area contributed by atoms with Crippen LogP contribution in [0.5, 0.6) is 5.75 Å². The molecule has 19 heavy (non-hydrogen) atoms. The van der Waals surface area contributed by atoms with E-state index in [0.29, 0.717) is 12.4 Å². The third-order valence-electron chi connectivity index (χ3n) is 3.05. The van der Waals surface area contributed by atoms with Crippen LogP contribution in [0.1, 0.15) is 18.0 Å². The van der Waals surface area contributed by atoms with Gasteiger partial charge in [-0.05, 0) is 18.2 Å². The molecule has 0 bridgehead atoms. The fraction of sp³-hybridized carbons (Fsp3) is 0.250. The van der Waals surface area contributed by atoms with Gasteiger partial charge in [-0.25, -0.2) is 4.68 Å². The Morgan fingerprint density at radius 2 is 2.37 bits per heavy atom. The number of nitrogens with zero attached hydrogens (tertiary/aromatic N) is 3. The van der Waals surface area contributed by atoms with E-state index in [0.717, 1.165) is 15.8 Å². The van der Waals surface area contributed by atoms with Crippen LogP contribution in [0, 0.1) is 0 Å². The van der Waals surface area contributed by atoms with Crippen LogP contribution in [-0.4, -0.2) is 27.8 Å². The van der Waals surface area contributed by atoms with E-state index in [1.54, 1.807) is 11.8 Å². The molecule has 7 heteroatoms. The van der Waals surface area contributed by atoms with Gasteiger partial charge in [0.25, 0.3) is 0 Å². The van der Waals surface area contributed by atoms with Crippen molar-refractivity contribution in [3.8, 4) is 5.75 Å². The quantitative estimate of drug-likeness (QED) is 0.917. The highest BCUT2D eigenvalue weighted by Gasteiger charge is 2.29. The van der Waals surface area contributed by atoms with Gasteiger partial charge in [0.05, 0.1) is 19.6 Å². The summed E-state index contributed by atoms with van der Waals surface area (Å²) >= 11 is 3.44. The van der Waals surface area contributed by atoms with Crippen molar-refractivity contribution >= 4 is 27.8 Å². The molecule has 1 N–H and O–H groups in total. The molecular formula is C12H11BrN4O2. The van der Waals surface area contributed by atoms with E-state index in [9.17, 15) is 4.79 Å². The molecule has 1 amide bonds. The van der Waals surface area contributed by atoms with Gasteiger partial charge in [0, 0.05) is 10.0 Å². The van der Waals surface area contributed by atoms with Crippen molar-refractivity contribution in [2.75, 3.05) is 12.4 Å². The number of aromatic nitrogens is 3. The second-order valence-electron chi connectivity index (χ2n) is 4.18. The number of carbonyl (C=O) groups is 1. The molecule has 0 saturated carbocycles. The molecule has 1 aromatic carbocycles. The van der Waals surface area contributed by atoms with Crippen LogP contribution in [0.2, 0.25) is 0 Å². The van der Waals surface area contributed by atoms with Crippen molar-refractivity contribution in [2.24, 2.45) is 0 Å². The minimum atomic E-state index is -0.210. The number of benzene rings is 1. The molecule has 1 aliphatic rings. The zero-order chi connectivity index (χ0) is 13.4. The summed E-state index contributed by atoms with van der Waals surface area (Å²) in [5.41, 5.74) is 0.901. The van der Waals surface area contributed by atoms with Gasteiger partial charge in [-0.3, -0.25) is 10.1 Å². The maximum absolute atomic E-state index is 11.7. The Labute approximate surface area is 117 Å². The number of fused-ring (bicyclic) bond motifs is 1. The van der Waals surface area contributed by atoms with Crippen molar-refractivity contribution in [1.29, 1.82) is 0 Å². The lowest BCUT2D eigenvalue weighted by Crippen LogP contribution is -2.29. The molecule has 0 unspecified atom stereocenters. The summed E-state index contributed by atoms with van der Waals surface area (Å²) in [6, 6.07) is 5.49. The Morgan fingerprint density at radius 1 is 1.53 bits per heavy atom. The third-order valence-corrected chi connectivity index (χ3v) is 3.54. The first-order valence-electron chi connectivity index (χ1n) is 5.72. The molecule has 1 aliphatic heterocycles. The molecule has 0 saturated heterocycles. The zero-order valence-electron chi connectivity index (χ0n) is 10.1. The van der Waals surface area contributed by atoms with Crippen LogP contribution in [0.25, 0.3) is 0 Å². The summed E-state index contributed by atoms with van der Waals surface area (Å²) in [4.78, 5) is 15.8. The number of hydrogen-bond donors (Lipinski definition) is 1. The summed E-state index contributed by atoms with van der Waals surface area (Å²) in [6.45, 7) is 0. The maximum Gasteiger partial charge on any atom is 0.229 e. The van der Waals surface area contributed by atoms with Crippen molar-refractivity contribution < 1.29 is 9.53 Å². The van der Waals surface area contributed by atoms with Crippen molar-refractivity contribution in [3.63, 3.8) is 0 Å². The molecule has 6 nitrogen and oxygen atoms in total. The van der Waals surface area contributed by atoms with Gasteiger partial charge in [0.1, 0.15) is 12.1 Å². The minimum Gasteiger partial charge on any atom is -0.496 e. The first kappa shape index (κ1) is 12.2. The summed E-state index contributed by atoms with van der Waals surface area (Å²) in [5.74, 6) is 1.11. The minimum absolute atomic E-state index is 0.0764. The summed E-state index contributed by atoms with van der Waals surface area (Å²) in [6.07, 6.45) is 1.74. The van der Waals surface area contributed by atoms with Crippen LogP contribution in [0.4, 0.5) is 5.95 Å². The lowest BCUT2D eigenvalue weighted by atomic mass is 10.0. The van der Waals surface area contributed by atoms with Crippen LogP contribution in [-0.2, 0) is 4.79 Å². The van der Waals surface area contributed by atoms with E-state index in [1.807, 2.05) is 18.2 Å². The molecule has 0 spiro atoms. The van der Waals surface area contributed by atoms with Gasteiger partial charge < -0.3 is 4.74 Å². The number of carbonyl (C=O) groups excluding carboxylic acids is 1. The Bertz CT molecular complexity index is 640. The number of ether oxygens (including phenoxy) is 1. The van der Waals surface area contributed by atoms with Crippen LogP contribution in [0.15, 0.2) is 29.0 Å². The van der Waals surface area contributed by atoms with E-state index in [2.05, 4.69) is 31.3 Å². The zero-order valence-corrected chi connectivity index (χ0v) is 11.7. The lowest BCUT2D eigenvalue weighted by molar-refractivity contribution is -0.117. The number of halogens is 1. The molecule has 0 radical (unpaired) electrons. The smallest absolute Gasteiger partial charge is 0.229 e. The van der Waals surface area contributed by atoms with Crippen LogP contribution < -0.4 is 10.1 Å². The van der Waals surface area contributed by atoms with Crippen molar-refractivity contribution in [2.45, 2.75) is 12.5 Å². The monoisotopic (exact) mass is 322 g/mol. The predicted octanol–water partition coefficient (Wildman–Crippen LogP) is 1.98. The SMILES string of the molecule is COc1ccc(Br)cc1[C@@H]1CC(=O)Nc2ncnn21. The van der Waals surface area contributed by atoms with E-state index >= 15 is 0 Å². The van der Waals surface area contributed by atoms with E-state index in [-0.39, 0.29) is 11.9 Å². The molecule has 3 rings (SSSR count). The second kappa shape index (κ2) is 4.65.